The Kier molecular flexibility index (Phi) is 7.58. The molecule has 0 spiro atoms. The molecule has 0 aromatic heterocycles. The van der Waals surface area contributed by atoms with Gasteiger partial charge in [0.15, 0.2) is 0 Å². The molecule has 32 heavy (non-hydrogen) atoms. The normalized spacial score (nSPS) is 37.7. The van der Waals surface area contributed by atoms with Gasteiger partial charge in [-0.25, -0.2) is 0 Å². The van der Waals surface area contributed by atoms with Gasteiger partial charge in [-0.1, -0.05) is 63.5 Å². The molecule has 0 amide bonds. The van der Waals surface area contributed by atoms with Crippen molar-refractivity contribution in [3.8, 4) is 0 Å². The first kappa shape index (κ1) is 25.8. The van der Waals surface area contributed by atoms with Crippen molar-refractivity contribution in [2.24, 2.45) is 28.1 Å². The van der Waals surface area contributed by atoms with Crippen LogP contribution in [0.25, 0.3) is 0 Å². The highest BCUT2D eigenvalue weighted by molar-refractivity contribution is 5.40. The molecule has 0 bridgehead atoms. The van der Waals surface area contributed by atoms with E-state index in [9.17, 15) is 10.2 Å². The summed E-state index contributed by atoms with van der Waals surface area (Å²) in [5.74, 6) is 0.922. The fourth-order valence-electron chi connectivity index (χ4n) is 7.58. The Morgan fingerprint density at radius 3 is 2.38 bits per heavy atom. The molecule has 182 valence electrons. The first-order chi connectivity index (χ1) is 14.8. The fourth-order valence-corrected chi connectivity index (χ4v) is 7.58. The summed E-state index contributed by atoms with van der Waals surface area (Å²) in [6.07, 6.45) is 13.9. The van der Waals surface area contributed by atoms with Crippen molar-refractivity contribution < 1.29 is 10.2 Å². The quantitative estimate of drug-likeness (QED) is 0.395. The number of fused-ring (bicyclic) bond motifs is 2. The summed E-state index contributed by atoms with van der Waals surface area (Å²) in [7, 11) is 0. The molecule has 2 heteroatoms. The van der Waals surface area contributed by atoms with E-state index in [2.05, 4.69) is 67.5 Å². The Hall–Kier alpha value is -0.860. The van der Waals surface area contributed by atoms with Crippen LogP contribution in [0.3, 0.4) is 0 Å². The zero-order valence-corrected chi connectivity index (χ0v) is 22.2. The predicted octanol–water partition coefficient (Wildman–Crippen LogP) is 7.76. The van der Waals surface area contributed by atoms with E-state index in [-0.39, 0.29) is 28.5 Å². The van der Waals surface area contributed by atoms with Gasteiger partial charge in [-0.2, -0.15) is 0 Å². The topological polar surface area (TPSA) is 40.5 Å². The highest BCUT2D eigenvalue weighted by Gasteiger charge is 2.59. The van der Waals surface area contributed by atoms with Crippen molar-refractivity contribution in [3.63, 3.8) is 0 Å². The highest BCUT2D eigenvalue weighted by atomic mass is 16.3. The lowest BCUT2D eigenvalue weighted by molar-refractivity contribution is -0.102. The van der Waals surface area contributed by atoms with E-state index < -0.39 is 0 Å². The molecule has 0 unspecified atom stereocenters. The van der Waals surface area contributed by atoms with E-state index in [0.717, 1.165) is 44.9 Å². The maximum Gasteiger partial charge on any atom is 0.0761 e. The lowest BCUT2D eigenvalue weighted by Gasteiger charge is -2.58. The summed E-state index contributed by atoms with van der Waals surface area (Å²) >= 11 is 0. The van der Waals surface area contributed by atoms with E-state index in [1.807, 2.05) is 0 Å². The molecule has 0 radical (unpaired) electrons. The second kappa shape index (κ2) is 9.41. The van der Waals surface area contributed by atoms with E-state index in [4.69, 9.17) is 0 Å². The monoisotopic (exact) mass is 442 g/mol. The molecule has 1 fully saturated rings. The van der Waals surface area contributed by atoms with E-state index in [0.29, 0.717) is 11.8 Å². The van der Waals surface area contributed by atoms with Crippen LogP contribution in [0, 0.1) is 28.1 Å². The minimum absolute atomic E-state index is 0.104. The highest BCUT2D eigenvalue weighted by Crippen LogP contribution is 2.66. The van der Waals surface area contributed by atoms with E-state index >= 15 is 0 Å². The molecule has 2 nitrogen and oxygen atoms in total. The van der Waals surface area contributed by atoms with Gasteiger partial charge in [0, 0.05) is 0 Å². The molecular formula is C30H50O2. The van der Waals surface area contributed by atoms with Gasteiger partial charge in [-0.15, -0.1) is 0 Å². The molecule has 3 aliphatic rings. The maximum atomic E-state index is 11.4. The number of rotatable bonds is 7. The second-order valence-electron chi connectivity index (χ2n) is 12.8. The lowest BCUT2D eigenvalue weighted by atomic mass is 9.48. The van der Waals surface area contributed by atoms with Gasteiger partial charge in [0.1, 0.15) is 0 Å². The molecule has 3 rings (SSSR count). The Morgan fingerprint density at radius 2 is 1.72 bits per heavy atom. The Labute approximate surface area is 198 Å². The van der Waals surface area contributed by atoms with Crippen LogP contribution in [-0.4, -0.2) is 22.4 Å². The Bertz CT molecular complexity index is 781. The van der Waals surface area contributed by atoms with Gasteiger partial charge >= 0.3 is 0 Å². The van der Waals surface area contributed by atoms with Crippen LogP contribution in [0.4, 0.5) is 0 Å². The summed E-state index contributed by atoms with van der Waals surface area (Å²) in [5.41, 5.74) is 5.96. The second-order valence-corrected chi connectivity index (χ2v) is 12.8. The van der Waals surface area contributed by atoms with Crippen molar-refractivity contribution in [3.05, 3.63) is 34.4 Å². The van der Waals surface area contributed by atoms with Gasteiger partial charge in [-0.05, 0) is 112 Å². The van der Waals surface area contributed by atoms with Crippen LogP contribution in [-0.2, 0) is 0 Å². The molecule has 0 aromatic carbocycles. The zero-order chi connectivity index (χ0) is 23.9. The van der Waals surface area contributed by atoms with Crippen LogP contribution in [0.2, 0.25) is 0 Å². The van der Waals surface area contributed by atoms with Gasteiger partial charge in [0.25, 0.3) is 0 Å². The third kappa shape index (κ3) is 4.56. The summed E-state index contributed by atoms with van der Waals surface area (Å²) in [5, 5.41) is 22.2. The molecule has 0 saturated heterocycles. The third-order valence-corrected chi connectivity index (χ3v) is 10.1. The van der Waals surface area contributed by atoms with Crippen LogP contribution in [0.1, 0.15) is 113 Å². The zero-order valence-electron chi connectivity index (χ0n) is 22.2. The lowest BCUT2D eigenvalue weighted by Crippen LogP contribution is -2.54. The Balaban J connectivity index is 1.75. The van der Waals surface area contributed by atoms with E-state index in [1.165, 1.54) is 29.6 Å². The number of aliphatic hydroxyl groups excluding tert-OH is 2. The summed E-state index contributed by atoms with van der Waals surface area (Å²) in [6.45, 7) is 18.4. The van der Waals surface area contributed by atoms with Crippen molar-refractivity contribution >= 4 is 0 Å². The minimum Gasteiger partial charge on any atom is -0.393 e. The first-order valence-corrected chi connectivity index (χ1v) is 13.2. The first-order valence-electron chi connectivity index (χ1n) is 13.2. The van der Waals surface area contributed by atoms with Gasteiger partial charge in [0.2, 0.25) is 0 Å². The van der Waals surface area contributed by atoms with Gasteiger partial charge in [0.05, 0.1) is 12.2 Å². The molecule has 6 atom stereocenters. The average Bonchev–Trinajstić information content (AvgIpc) is 3.08. The fraction of sp³-hybridized carbons (Fsp3) is 0.800. The minimum atomic E-state index is -0.344. The van der Waals surface area contributed by atoms with Crippen molar-refractivity contribution in [2.45, 2.75) is 125 Å². The summed E-state index contributed by atoms with van der Waals surface area (Å²) < 4.78 is 0. The standard InChI is InChI=1S/C30H50O2/c1-20(2)11-9-12-21(3)13-10-14-22(4)29(7)17-15-23-27(29)24(31)19-25-28(5,6)26(32)16-18-30(23,25)8/h11,13,22,24-26,31-32H,9-10,12,14-19H2,1-8H3/b21-13+/t22-,24+,25+,26+,29-,30-/m1/s1. The van der Waals surface area contributed by atoms with Crippen LogP contribution < -0.4 is 0 Å². The number of hydrogen-bond acceptors (Lipinski definition) is 2. The molecule has 0 aromatic rings. The smallest absolute Gasteiger partial charge is 0.0761 e. The predicted molar refractivity (Wildman–Crippen MR) is 136 cm³/mol. The maximum absolute atomic E-state index is 11.4. The SMILES string of the molecule is CC(C)=CCC/C(C)=C/CC[C@@H](C)[C@@]1(C)CCC2=C1[C@@H](O)C[C@H]1C(C)(C)[C@@H](O)CC[C@]21C. The molecular weight excluding hydrogens is 392 g/mol. The number of hydrogen-bond donors (Lipinski definition) is 2. The summed E-state index contributed by atoms with van der Waals surface area (Å²) in [6, 6.07) is 0. The summed E-state index contributed by atoms with van der Waals surface area (Å²) in [4.78, 5) is 0. The molecule has 3 aliphatic carbocycles. The average molecular weight is 443 g/mol. The van der Waals surface area contributed by atoms with Crippen LogP contribution >= 0.6 is 0 Å². The van der Waals surface area contributed by atoms with Gasteiger partial charge < -0.3 is 10.2 Å². The van der Waals surface area contributed by atoms with Crippen molar-refractivity contribution in [2.75, 3.05) is 0 Å². The molecule has 1 saturated carbocycles. The van der Waals surface area contributed by atoms with Gasteiger partial charge in [-0.3, -0.25) is 0 Å². The largest absolute Gasteiger partial charge is 0.393 e. The van der Waals surface area contributed by atoms with Crippen molar-refractivity contribution in [1.29, 1.82) is 0 Å². The van der Waals surface area contributed by atoms with Crippen LogP contribution in [0.15, 0.2) is 34.4 Å². The number of allylic oxidation sites excluding steroid dienone is 5. The molecule has 0 heterocycles. The Morgan fingerprint density at radius 1 is 1.03 bits per heavy atom. The van der Waals surface area contributed by atoms with E-state index in [1.54, 1.807) is 5.57 Å². The van der Waals surface area contributed by atoms with Crippen LogP contribution in [0.5, 0.6) is 0 Å². The van der Waals surface area contributed by atoms with Crippen molar-refractivity contribution in [1.82, 2.24) is 0 Å². The molecule has 2 N–H and O–H groups in total. The third-order valence-electron chi connectivity index (χ3n) is 10.1. The molecule has 0 aliphatic heterocycles. The number of aliphatic hydroxyl groups is 2.